The van der Waals surface area contributed by atoms with Crippen molar-refractivity contribution in [1.82, 2.24) is 0 Å². The van der Waals surface area contributed by atoms with E-state index in [1.807, 2.05) is 0 Å². The van der Waals surface area contributed by atoms with Crippen molar-refractivity contribution < 1.29 is 80.2 Å². The van der Waals surface area contributed by atoms with Gasteiger partial charge in [-0.25, -0.2) is 9.13 Å². The van der Waals surface area contributed by atoms with Gasteiger partial charge in [-0.05, 0) is 31.6 Å². The van der Waals surface area contributed by atoms with E-state index in [4.69, 9.17) is 37.0 Å². The summed E-state index contributed by atoms with van der Waals surface area (Å²) < 4.78 is 68.3. The van der Waals surface area contributed by atoms with Gasteiger partial charge in [-0.3, -0.25) is 37.3 Å². The van der Waals surface area contributed by atoms with Crippen LogP contribution in [0.5, 0.6) is 0 Å². The summed E-state index contributed by atoms with van der Waals surface area (Å²) >= 11 is 0. The molecule has 19 heteroatoms. The van der Waals surface area contributed by atoms with Crippen LogP contribution in [-0.4, -0.2) is 96.7 Å². The third-order valence-corrected chi connectivity index (χ3v) is 18.2. The minimum Gasteiger partial charge on any atom is -0.462 e. The largest absolute Gasteiger partial charge is 0.472 e. The Bertz CT molecular complexity index is 1720. The van der Waals surface area contributed by atoms with Crippen molar-refractivity contribution in [2.24, 2.45) is 5.92 Å². The van der Waals surface area contributed by atoms with Gasteiger partial charge in [0.15, 0.2) is 12.2 Å². The Kier molecular flexibility index (Phi) is 62.1. The minimum atomic E-state index is -4.95. The van der Waals surface area contributed by atoms with E-state index in [1.54, 1.807) is 0 Å². The number of esters is 4. The second-order valence-electron chi connectivity index (χ2n) is 25.7. The summed E-state index contributed by atoms with van der Waals surface area (Å²) in [5.41, 5.74) is 0. The number of aliphatic hydroxyl groups excluding tert-OH is 1. The van der Waals surface area contributed by atoms with Crippen LogP contribution in [-0.2, 0) is 65.4 Å². The molecule has 0 fully saturated rings. The van der Waals surface area contributed by atoms with Gasteiger partial charge in [0.1, 0.15) is 19.3 Å². The maximum Gasteiger partial charge on any atom is 0.472 e. The molecule has 0 saturated carbocycles. The monoisotopic (exact) mass is 1310 g/mol. The number of phosphoric ester groups is 2. The molecule has 2 unspecified atom stereocenters. The van der Waals surface area contributed by atoms with E-state index >= 15 is 0 Å². The average Bonchev–Trinajstić information content (AvgIpc) is 3.71. The summed E-state index contributed by atoms with van der Waals surface area (Å²) in [4.78, 5) is 72.5. The molecule has 0 saturated heterocycles. The van der Waals surface area contributed by atoms with Gasteiger partial charge < -0.3 is 33.8 Å². The molecule has 0 aromatic rings. The van der Waals surface area contributed by atoms with Crippen molar-refractivity contribution in [3.05, 3.63) is 0 Å². The topological polar surface area (TPSA) is 237 Å². The van der Waals surface area contributed by atoms with Crippen LogP contribution in [0.25, 0.3) is 0 Å². The van der Waals surface area contributed by atoms with E-state index in [9.17, 15) is 43.2 Å². The van der Waals surface area contributed by atoms with Gasteiger partial charge in [0.05, 0.1) is 26.4 Å². The number of unbranched alkanes of at least 4 members (excludes halogenated alkanes) is 42. The van der Waals surface area contributed by atoms with E-state index in [2.05, 4.69) is 34.6 Å². The van der Waals surface area contributed by atoms with E-state index < -0.39 is 97.5 Å². The predicted octanol–water partition coefficient (Wildman–Crippen LogP) is 20.1. The van der Waals surface area contributed by atoms with Gasteiger partial charge in [0.2, 0.25) is 0 Å². The summed E-state index contributed by atoms with van der Waals surface area (Å²) in [6.07, 6.45) is 49.7. The SMILES string of the molecule is CCCCCCCCCCCCCCC(=O)OC[C@H](COP(=O)(O)OC[C@H](O)COP(=O)(O)OC[C@@H](COC(=O)CCCCCCCCCCCCCC)OC(=O)CCCCCCCCCCCCC(C)C)OC(=O)CCCCCCCCCCCCCC. The van der Waals surface area contributed by atoms with Crippen molar-refractivity contribution in [3.8, 4) is 0 Å². The van der Waals surface area contributed by atoms with Crippen molar-refractivity contribution >= 4 is 39.5 Å². The quantitative estimate of drug-likeness (QED) is 0.0222. The fourth-order valence-corrected chi connectivity index (χ4v) is 12.2. The van der Waals surface area contributed by atoms with Gasteiger partial charge in [-0.1, -0.05) is 311 Å². The highest BCUT2D eigenvalue weighted by Crippen LogP contribution is 2.45. The highest BCUT2D eigenvalue weighted by Gasteiger charge is 2.30. The summed E-state index contributed by atoms with van der Waals surface area (Å²) in [7, 11) is -9.90. The van der Waals surface area contributed by atoms with E-state index in [0.29, 0.717) is 25.7 Å². The molecule has 0 aliphatic heterocycles. The zero-order chi connectivity index (χ0) is 65.6. The molecule has 0 amide bonds. The smallest absolute Gasteiger partial charge is 0.462 e. The molecule has 0 heterocycles. The number of ether oxygens (including phenoxy) is 4. The lowest BCUT2D eigenvalue weighted by molar-refractivity contribution is -0.161. The normalized spacial score (nSPS) is 14.1. The first-order valence-electron chi connectivity index (χ1n) is 36.6. The molecule has 528 valence electrons. The molecular formula is C70H136O17P2. The zero-order valence-corrected chi connectivity index (χ0v) is 59.4. The third-order valence-electron chi connectivity index (χ3n) is 16.3. The molecule has 5 atom stereocenters. The molecule has 0 rings (SSSR count). The number of carbonyl (C=O) groups is 4. The van der Waals surface area contributed by atoms with Gasteiger partial charge in [-0.15, -0.1) is 0 Å². The lowest BCUT2D eigenvalue weighted by Crippen LogP contribution is -2.30. The first-order valence-corrected chi connectivity index (χ1v) is 39.6. The first-order chi connectivity index (χ1) is 43.0. The number of rotatable bonds is 70. The van der Waals surface area contributed by atoms with Crippen LogP contribution in [0.15, 0.2) is 0 Å². The Balaban J connectivity index is 5.25. The van der Waals surface area contributed by atoms with Crippen molar-refractivity contribution in [3.63, 3.8) is 0 Å². The van der Waals surface area contributed by atoms with Crippen LogP contribution < -0.4 is 0 Å². The predicted molar refractivity (Wildman–Crippen MR) is 358 cm³/mol. The molecule has 0 aliphatic carbocycles. The van der Waals surface area contributed by atoms with Crippen LogP contribution in [0.1, 0.15) is 362 Å². The van der Waals surface area contributed by atoms with Crippen molar-refractivity contribution in [2.75, 3.05) is 39.6 Å². The third kappa shape index (κ3) is 64.6. The Morgan fingerprint density at radius 3 is 0.764 bits per heavy atom. The molecule has 0 spiro atoms. The van der Waals surface area contributed by atoms with E-state index in [1.165, 1.54) is 186 Å². The molecule has 3 N–H and O–H groups in total. The highest BCUT2D eigenvalue weighted by atomic mass is 31.2. The number of aliphatic hydroxyl groups is 1. The van der Waals surface area contributed by atoms with Gasteiger partial charge >= 0.3 is 39.5 Å². The molecule has 0 aliphatic rings. The fraction of sp³-hybridized carbons (Fsp3) is 0.943. The van der Waals surface area contributed by atoms with Crippen LogP contribution in [0.4, 0.5) is 0 Å². The van der Waals surface area contributed by atoms with Crippen LogP contribution >= 0.6 is 15.6 Å². The lowest BCUT2D eigenvalue weighted by atomic mass is 10.0. The van der Waals surface area contributed by atoms with Gasteiger partial charge in [0.25, 0.3) is 0 Å². The highest BCUT2D eigenvalue weighted by molar-refractivity contribution is 7.47. The Morgan fingerprint density at radius 2 is 0.517 bits per heavy atom. The zero-order valence-electron chi connectivity index (χ0n) is 57.6. The summed E-state index contributed by atoms with van der Waals surface area (Å²) in [6, 6.07) is 0. The second kappa shape index (κ2) is 63.5. The maximum atomic E-state index is 13.0. The average molecular weight is 1310 g/mol. The van der Waals surface area contributed by atoms with E-state index in [0.717, 1.165) is 95.8 Å². The maximum absolute atomic E-state index is 13.0. The fourth-order valence-electron chi connectivity index (χ4n) is 10.6. The molecule has 0 aromatic carbocycles. The summed E-state index contributed by atoms with van der Waals surface area (Å²) in [5, 5.41) is 10.6. The Labute approximate surface area is 543 Å². The number of phosphoric acid groups is 2. The molecular weight excluding hydrogens is 1170 g/mol. The van der Waals surface area contributed by atoms with Gasteiger partial charge in [-0.2, -0.15) is 0 Å². The van der Waals surface area contributed by atoms with Crippen LogP contribution in [0.3, 0.4) is 0 Å². The summed E-state index contributed by atoms with van der Waals surface area (Å²) in [5.74, 6) is -1.37. The van der Waals surface area contributed by atoms with Crippen molar-refractivity contribution in [1.29, 1.82) is 0 Å². The molecule has 89 heavy (non-hydrogen) atoms. The molecule has 0 bridgehead atoms. The molecule has 0 radical (unpaired) electrons. The lowest BCUT2D eigenvalue weighted by Gasteiger charge is -2.21. The van der Waals surface area contributed by atoms with Crippen LogP contribution in [0, 0.1) is 5.92 Å². The van der Waals surface area contributed by atoms with E-state index in [-0.39, 0.29) is 25.7 Å². The Morgan fingerprint density at radius 1 is 0.303 bits per heavy atom. The number of carbonyl (C=O) groups excluding carboxylic acids is 4. The second-order valence-corrected chi connectivity index (χ2v) is 28.7. The summed E-state index contributed by atoms with van der Waals surface area (Å²) in [6.45, 7) is 7.24. The van der Waals surface area contributed by atoms with Crippen LogP contribution in [0.2, 0.25) is 0 Å². The number of hydrogen-bond acceptors (Lipinski definition) is 15. The number of hydrogen-bond donors (Lipinski definition) is 3. The standard InChI is InChI=1S/C70H136O17P2/c1-6-9-12-15-18-21-24-27-33-38-43-48-53-67(72)80-59-65(86-69(74)55-50-45-40-35-29-26-23-20-17-14-11-8-3)61-84-88(76,77)82-57-64(71)58-83-89(78,79)85-62-66(60-81-68(73)54-49-44-39-34-28-25-22-19-16-13-10-7-2)87-70(75)56-51-46-41-36-31-30-32-37-42-47-52-63(4)5/h63-66,71H,6-62H2,1-5H3,(H,76,77)(H,78,79)/t64-,65+,66+/m0/s1. The first kappa shape index (κ1) is 87.1. The van der Waals surface area contributed by atoms with Gasteiger partial charge in [0, 0.05) is 25.7 Å². The molecule has 17 nitrogen and oxygen atoms in total. The molecule has 0 aromatic heterocycles. The minimum absolute atomic E-state index is 0.107. The van der Waals surface area contributed by atoms with Crippen molar-refractivity contribution in [2.45, 2.75) is 380 Å². The Hall–Kier alpha value is -1.94.